The van der Waals surface area contributed by atoms with Gasteiger partial charge < -0.3 is 0 Å². The fraction of sp³-hybridized carbons (Fsp3) is 0.556. The standard InChI is InChI=1S/C9H12O4/c1-5(10)8(13)9(4,6(2)11)7(3)12/h1-4H3. The van der Waals surface area contributed by atoms with E-state index < -0.39 is 28.5 Å². The van der Waals surface area contributed by atoms with Crippen LogP contribution in [0.15, 0.2) is 0 Å². The van der Waals surface area contributed by atoms with Crippen molar-refractivity contribution in [1.82, 2.24) is 0 Å². The van der Waals surface area contributed by atoms with Crippen molar-refractivity contribution in [3.05, 3.63) is 0 Å². The molecule has 0 amide bonds. The summed E-state index contributed by atoms with van der Waals surface area (Å²) in [6.45, 7) is 4.48. The van der Waals surface area contributed by atoms with E-state index in [9.17, 15) is 19.2 Å². The molecule has 0 N–H and O–H groups in total. The van der Waals surface area contributed by atoms with Crippen LogP contribution in [0, 0.1) is 5.41 Å². The van der Waals surface area contributed by atoms with Gasteiger partial charge in [-0.1, -0.05) is 0 Å². The Kier molecular flexibility index (Phi) is 3.23. The highest BCUT2D eigenvalue weighted by atomic mass is 16.2. The molecule has 0 saturated carbocycles. The maximum Gasteiger partial charge on any atom is 0.218 e. The van der Waals surface area contributed by atoms with E-state index in [2.05, 4.69) is 0 Å². The van der Waals surface area contributed by atoms with Crippen molar-refractivity contribution in [3.63, 3.8) is 0 Å². The van der Waals surface area contributed by atoms with Crippen molar-refractivity contribution in [2.45, 2.75) is 27.7 Å². The molecule has 0 spiro atoms. The van der Waals surface area contributed by atoms with Crippen LogP contribution in [0.5, 0.6) is 0 Å². The lowest BCUT2D eigenvalue weighted by atomic mass is 9.77. The number of rotatable bonds is 4. The Morgan fingerprint density at radius 1 is 0.846 bits per heavy atom. The SMILES string of the molecule is CC(=O)C(=O)C(C)(C(C)=O)C(C)=O. The molecular weight excluding hydrogens is 172 g/mol. The van der Waals surface area contributed by atoms with Gasteiger partial charge in [-0.3, -0.25) is 19.2 Å². The van der Waals surface area contributed by atoms with Gasteiger partial charge in [0.05, 0.1) is 0 Å². The predicted octanol–water partition coefficient (Wildman–Crippen LogP) is 0.329. The molecule has 0 aromatic heterocycles. The molecule has 0 aliphatic carbocycles. The quantitative estimate of drug-likeness (QED) is 0.466. The molecule has 0 aromatic carbocycles. The summed E-state index contributed by atoms with van der Waals surface area (Å²) in [6.07, 6.45) is 0. The van der Waals surface area contributed by atoms with Crippen LogP contribution in [-0.4, -0.2) is 23.1 Å². The minimum absolute atomic E-state index is 0.597. The molecule has 0 saturated heterocycles. The third-order valence-electron chi connectivity index (χ3n) is 2.18. The zero-order valence-electron chi connectivity index (χ0n) is 8.13. The average molecular weight is 184 g/mol. The van der Waals surface area contributed by atoms with E-state index >= 15 is 0 Å². The summed E-state index contributed by atoms with van der Waals surface area (Å²) in [7, 11) is 0. The van der Waals surface area contributed by atoms with E-state index in [1.807, 2.05) is 0 Å². The first-order valence-electron chi connectivity index (χ1n) is 3.82. The predicted molar refractivity (Wildman–Crippen MR) is 45.2 cm³/mol. The molecule has 0 atom stereocenters. The smallest absolute Gasteiger partial charge is 0.218 e. The molecule has 0 heterocycles. The van der Waals surface area contributed by atoms with Crippen LogP contribution in [0.1, 0.15) is 27.7 Å². The molecule has 72 valence electrons. The van der Waals surface area contributed by atoms with Crippen LogP contribution >= 0.6 is 0 Å². The topological polar surface area (TPSA) is 68.3 Å². The molecule has 0 aliphatic heterocycles. The van der Waals surface area contributed by atoms with Crippen LogP contribution < -0.4 is 0 Å². The molecule has 13 heavy (non-hydrogen) atoms. The van der Waals surface area contributed by atoms with Crippen LogP contribution in [0.3, 0.4) is 0 Å². The van der Waals surface area contributed by atoms with Gasteiger partial charge in [-0.2, -0.15) is 0 Å². The molecule has 0 unspecified atom stereocenters. The Morgan fingerprint density at radius 2 is 1.15 bits per heavy atom. The molecule has 0 radical (unpaired) electrons. The van der Waals surface area contributed by atoms with Gasteiger partial charge in [0.2, 0.25) is 5.78 Å². The Morgan fingerprint density at radius 3 is 1.23 bits per heavy atom. The van der Waals surface area contributed by atoms with Crippen molar-refractivity contribution in [3.8, 4) is 0 Å². The van der Waals surface area contributed by atoms with Gasteiger partial charge in [0.15, 0.2) is 17.3 Å². The summed E-state index contributed by atoms with van der Waals surface area (Å²) in [4.78, 5) is 44.1. The highest BCUT2D eigenvalue weighted by Gasteiger charge is 2.44. The lowest BCUT2D eigenvalue weighted by Gasteiger charge is -2.19. The van der Waals surface area contributed by atoms with Gasteiger partial charge >= 0.3 is 0 Å². The van der Waals surface area contributed by atoms with Crippen molar-refractivity contribution in [1.29, 1.82) is 0 Å². The molecule has 4 nitrogen and oxygen atoms in total. The molecular formula is C9H12O4. The van der Waals surface area contributed by atoms with Crippen LogP contribution in [0.2, 0.25) is 0 Å². The summed E-state index contributed by atoms with van der Waals surface area (Å²) < 4.78 is 0. The van der Waals surface area contributed by atoms with Crippen molar-refractivity contribution < 1.29 is 19.2 Å². The van der Waals surface area contributed by atoms with E-state index in [1.54, 1.807) is 0 Å². The molecule has 0 rings (SSSR count). The zero-order valence-corrected chi connectivity index (χ0v) is 8.13. The lowest BCUT2D eigenvalue weighted by Crippen LogP contribution is -2.44. The van der Waals surface area contributed by atoms with Crippen molar-refractivity contribution >= 4 is 23.1 Å². The highest BCUT2D eigenvalue weighted by Crippen LogP contribution is 2.20. The number of Topliss-reactive ketones (excluding diaryl/α,β-unsaturated/α-hetero) is 4. The second-order valence-corrected chi connectivity index (χ2v) is 3.12. The third-order valence-corrected chi connectivity index (χ3v) is 2.18. The monoisotopic (exact) mass is 184 g/mol. The second-order valence-electron chi connectivity index (χ2n) is 3.12. The van der Waals surface area contributed by atoms with Crippen molar-refractivity contribution in [2.75, 3.05) is 0 Å². The molecule has 4 heteroatoms. The first-order chi connectivity index (χ1) is 5.74. The first-order valence-corrected chi connectivity index (χ1v) is 3.82. The second kappa shape index (κ2) is 3.60. The Labute approximate surface area is 76.3 Å². The summed E-state index contributed by atoms with van der Waals surface area (Å²) in [6, 6.07) is 0. The van der Waals surface area contributed by atoms with Gasteiger partial charge in [-0.05, 0) is 20.8 Å². The van der Waals surface area contributed by atoms with E-state index in [1.165, 1.54) is 6.92 Å². The van der Waals surface area contributed by atoms with Gasteiger partial charge in [0, 0.05) is 6.92 Å². The molecule has 0 aromatic rings. The Balaban J connectivity index is 5.27. The first kappa shape index (κ1) is 11.7. The number of ketones is 4. The van der Waals surface area contributed by atoms with E-state index in [4.69, 9.17) is 0 Å². The van der Waals surface area contributed by atoms with Gasteiger partial charge in [0.1, 0.15) is 5.41 Å². The van der Waals surface area contributed by atoms with Gasteiger partial charge in [-0.25, -0.2) is 0 Å². The number of carbonyl (C=O) groups is 4. The lowest BCUT2D eigenvalue weighted by molar-refractivity contribution is -0.151. The summed E-state index contributed by atoms with van der Waals surface area (Å²) in [5.41, 5.74) is -1.79. The molecule has 0 fully saturated rings. The largest absolute Gasteiger partial charge is 0.298 e. The minimum atomic E-state index is -1.79. The third kappa shape index (κ3) is 1.88. The summed E-state index contributed by atoms with van der Waals surface area (Å²) >= 11 is 0. The fourth-order valence-corrected chi connectivity index (χ4v) is 0.920. The minimum Gasteiger partial charge on any atom is -0.298 e. The number of hydrogen-bond donors (Lipinski definition) is 0. The van der Waals surface area contributed by atoms with E-state index in [0.717, 1.165) is 20.8 Å². The van der Waals surface area contributed by atoms with E-state index in [-0.39, 0.29) is 0 Å². The van der Waals surface area contributed by atoms with Crippen LogP contribution in [0.25, 0.3) is 0 Å². The van der Waals surface area contributed by atoms with E-state index in [0.29, 0.717) is 0 Å². The van der Waals surface area contributed by atoms with Gasteiger partial charge in [-0.15, -0.1) is 0 Å². The van der Waals surface area contributed by atoms with Crippen LogP contribution in [0.4, 0.5) is 0 Å². The molecule has 0 bridgehead atoms. The summed E-state index contributed by atoms with van der Waals surface area (Å²) in [5.74, 6) is -2.90. The maximum absolute atomic E-state index is 11.3. The number of carbonyl (C=O) groups excluding carboxylic acids is 4. The van der Waals surface area contributed by atoms with Crippen molar-refractivity contribution in [2.24, 2.45) is 5.41 Å². The number of hydrogen-bond acceptors (Lipinski definition) is 4. The maximum atomic E-state index is 11.3. The Bertz CT molecular complexity index is 274. The summed E-state index contributed by atoms with van der Waals surface area (Å²) in [5, 5.41) is 0. The normalized spacial score (nSPS) is 10.8. The highest BCUT2D eigenvalue weighted by molar-refractivity contribution is 6.47. The van der Waals surface area contributed by atoms with Gasteiger partial charge in [0.25, 0.3) is 0 Å². The Hall–Kier alpha value is -1.32. The average Bonchev–Trinajstić information content (AvgIpc) is 2.00. The van der Waals surface area contributed by atoms with Crippen LogP contribution in [-0.2, 0) is 19.2 Å². The fourth-order valence-electron chi connectivity index (χ4n) is 0.920. The zero-order chi connectivity index (χ0) is 10.8. The molecule has 0 aliphatic rings.